The molecule has 2 aromatic carbocycles. The molecule has 130 valence electrons. The summed E-state index contributed by atoms with van der Waals surface area (Å²) in [5, 5.41) is 1.09. The fourth-order valence-corrected chi connectivity index (χ4v) is 4.46. The van der Waals surface area contributed by atoms with Gasteiger partial charge in [0, 0.05) is 46.0 Å². The number of rotatable bonds is 3. The van der Waals surface area contributed by atoms with E-state index in [9.17, 15) is 8.78 Å². The number of fused-ring (bicyclic) bond motifs is 2. The van der Waals surface area contributed by atoms with Gasteiger partial charge in [0.25, 0.3) is 0 Å². The molecule has 0 amide bonds. The summed E-state index contributed by atoms with van der Waals surface area (Å²) in [5.41, 5.74) is 3.22. The van der Waals surface area contributed by atoms with Gasteiger partial charge in [-0.2, -0.15) is 11.8 Å². The van der Waals surface area contributed by atoms with Crippen molar-refractivity contribution in [3.05, 3.63) is 64.9 Å². The molecule has 4 rings (SSSR count). The minimum absolute atomic E-state index is 0.306. The molecule has 3 aromatic rings. The van der Waals surface area contributed by atoms with Crippen molar-refractivity contribution in [2.75, 3.05) is 12.9 Å². The Balaban J connectivity index is 1.95. The monoisotopic (exact) mass is 359 g/mol. The van der Waals surface area contributed by atoms with Gasteiger partial charge in [0.15, 0.2) is 0 Å². The summed E-state index contributed by atoms with van der Waals surface area (Å²) in [6.07, 6.45) is 4.68. The predicted molar refractivity (Wildman–Crippen MR) is 98.4 cm³/mol. The molecule has 0 saturated heterocycles. The maximum Gasteiger partial charge on any atom is 0.133 e. The fraction of sp³-hybridized carbons (Fsp3) is 0.300. The second-order valence-electron chi connectivity index (χ2n) is 6.67. The molecule has 1 aliphatic heterocycles. The second kappa shape index (κ2) is 6.06. The molecular formula is C20H19F2NOS. The van der Waals surface area contributed by atoms with Crippen LogP contribution in [0.3, 0.4) is 0 Å². The molecule has 0 fully saturated rings. The number of aromatic nitrogens is 1. The summed E-state index contributed by atoms with van der Waals surface area (Å²) in [5.74, 6) is 0.0576. The Kier molecular flexibility index (Phi) is 3.99. The number of hydrogen-bond acceptors (Lipinski definition) is 2. The highest BCUT2D eigenvalue weighted by molar-refractivity contribution is 7.97. The lowest BCUT2D eigenvalue weighted by molar-refractivity contribution is 0.236. The first-order chi connectivity index (χ1) is 12.0. The number of ether oxygens (including phenoxy) is 1. The van der Waals surface area contributed by atoms with Gasteiger partial charge in [0.1, 0.15) is 17.4 Å². The van der Waals surface area contributed by atoms with Crippen LogP contribution in [0.1, 0.15) is 30.0 Å². The molecule has 2 nitrogen and oxygen atoms in total. The van der Waals surface area contributed by atoms with Crippen LogP contribution in [0, 0.1) is 11.6 Å². The molecule has 0 bridgehead atoms. The van der Waals surface area contributed by atoms with Crippen molar-refractivity contribution < 1.29 is 13.5 Å². The molecule has 1 unspecified atom stereocenters. The van der Waals surface area contributed by atoms with Gasteiger partial charge < -0.3 is 9.72 Å². The molecule has 0 spiro atoms. The van der Waals surface area contributed by atoms with Crippen LogP contribution >= 0.6 is 11.8 Å². The number of aromatic amines is 1. The van der Waals surface area contributed by atoms with Gasteiger partial charge >= 0.3 is 0 Å². The van der Waals surface area contributed by atoms with Crippen LogP contribution in [-0.4, -0.2) is 17.8 Å². The number of H-pyrrole nitrogens is 1. The lowest BCUT2D eigenvalue weighted by Crippen LogP contribution is -2.32. The normalized spacial score (nSPS) is 19.7. The SMILES string of the molecule is CSCc1cccc2c(C3(C)CCOc4cc(F)cc(F)c43)c[nH]c12. The van der Waals surface area contributed by atoms with E-state index in [0.717, 1.165) is 28.3 Å². The zero-order valence-corrected chi connectivity index (χ0v) is 15.0. The van der Waals surface area contributed by atoms with Crippen LogP contribution in [0.4, 0.5) is 8.78 Å². The lowest BCUT2D eigenvalue weighted by Gasteiger charge is -2.36. The standard InChI is InChI=1S/C20H19F2NOS/c1-20(6-7-24-17-9-13(21)8-16(22)18(17)20)15-10-23-19-12(11-25-2)4-3-5-14(15)19/h3-5,8-10,23H,6-7,11H2,1-2H3. The Morgan fingerprint density at radius 2 is 2.12 bits per heavy atom. The highest BCUT2D eigenvalue weighted by Crippen LogP contribution is 2.47. The van der Waals surface area contributed by atoms with E-state index in [1.165, 1.54) is 11.6 Å². The highest BCUT2D eigenvalue weighted by Gasteiger charge is 2.39. The van der Waals surface area contributed by atoms with Crippen molar-refractivity contribution in [1.82, 2.24) is 4.98 Å². The zero-order valence-electron chi connectivity index (χ0n) is 14.2. The van der Waals surface area contributed by atoms with Gasteiger partial charge in [-0.05, 0) is 23.8 Å². The van der Waals surface area contributed by atoms with Crippen LogP contribution in [-0.2, 0) is 11.2 Å². The minimum Gasteiger partial charge on any atom is -0.493 e. The third kappa shape index (κ3) is 2.53. The Morgan fingerprint density at radius 1 is 1.28 bits per heavy atom. The molecule has 25 heavy (non-hydrogen) atoms. The molecular weight excluding hydrogens is 340 g/mol. The van der Waals surface area contributed by atoms with Crippen molar-refractivity contribution in [3.63, 3.8) is 0 Å². The summed E-state index contributed by atoms with van der Waals surface area (Å²) in [6.45, 7) is 2.45. The van der Waals surface area contributed by atoms with Gasteiger partial charge in [-0.15, -0.1) is 0 Å². The van der Waals surface area contributed by atoms with Crippen molar-refractivity contribution in [1.29, 1.82) is 0 Å². The number of hydrogen-bond donors (Lipinski definition) is 1. The van der Waals surface area contributed by atoms with E-state index in [-0.39, 0.29) is 0 Å². The molecule has 0 radical (unpaired) electrons. The summed E-state index contributed by atoms with van der Waals surface area (Å²) < 4.78 is 33.9. The molecule has 0 aliphatic carbocycles. The summed E-state index contributed by atoms with van der Waals surface area (Å²) >= 11 is 1.76. The molecule has 2 heterocycles. The maximum atomic E-state index is 14.7. The first-order valence-electron chi connectivity index (χ1n) is 8.25. The van der Waals surface area contributed by atoms with E-state index in [1.54, 1.807) is 11.8 Å². The van der Waals surface area contributed by atoms with E-state index >= 15 is 0 Å². The first-order valence-corrected chi connectivity index (χ1v) is 9.64. The topological polar surface area (TPSA) is 25.0 Å². The molecule has 1 N–H and O–H groups in total. The lowest BCUT2D eigenvalue weighted by atomic mass is 9.72. The maximum absolute atomic E-state index is 14.7. The molecule has 5 heteroatoms. The van der Waals surface area contributed by atoms with E-state index < -0.39 is 17.0 Å². The molecule has 1 aromatic heterocycles. The number of halogens is 2. The van der Waals surface area contributed by atoms with Crippen molar-refractivity contribution in [3.8, 4) is 5.75 Å². The fourth-order valence-electron chi connectivity index (χ4n) is 3.91. The quantitative estimate of drug-likeness (QED) is 0.677. The molecule has 1 aliphatic rings. The van der Waals surface area contributed by atoms with E-state index in [2.05, 4.69) is 23.4 Å². The van der Waals surface area contributed by atoms with Gasteiger partial charge in [-0.3, -0.25) is 0 Å². The predicted octanol–water partition coefficient (Wildman–Crippen LogP) is 5.40. The summed E-state index contributed by atoms with van der Waals surface area (Å²) in [7, 11) is 0. The van der Waals surface area contributed by atoms with E-state index in [4.69, 9.17) is 4.74 Å². The average Bonchev–Trinajstić information content (AvgIpc) is 3.00. The van der Waals surface area contributed by atoms with Crippen LogP contribution in [0.5, 0.6) is 5.75 Å². The van der Waals surface area contributed by atoms with Crippen molar-refractivity contribution >= 4 is 22.7 Å². The number of nitrogens with one attached hydrogen (secondary N) is 1. The first kappa shape index (κ1) is 16.5. The minimum atomic E-state index is -0.610. The van der Waals surface area contributed by atoms with Crippen molar-refractivity contribution in [2.45, 2.75) is 24.5 Å². The van der Waals surface area contributed by atoms with Gasteiger partial charge in [0.2, 0.25) is 0 Å². The van der Waals surface area contributed by atoms with Gasteiger partial charge in [-0.25, -0.2) is 8.78 Å². The van der Waals surface area contributed by atoms with Gasteiger partial charge in [0.05, 0.1) is 6.61 Å². The van der Waals surface area contributed by atoms with E-state index in [1.807, 2.05) is 19.2 Å². The second-order valence-corrected chi connectivity index (χ2v) is 7.53. The largest absolute Gasteiger partial charge is 0.493 e. The third-order valence-corrected chi connectivity index (χ3v) is 5.73. The third-order valence-electron chi connectivity index (χ3n) is 5.13. The van der Waals surface area contributed by atoms with Crippen LogP contribution in [0.25, 0.3) is 10.9 Å². The molecule has 1 atom stereocenters. The Hall–Kier alpha value is -2.01. The number of thioether (sulfide) groups is 1. The summed E-state index contributed by atoms with van der Waals surface area (Å²) in [4.78, 5) is 3.38. The van der Waals surface area contributed by atoms with Crippen LogP contribution in [0.2, 0.25) is 0 Å². The summed E-state index contributed by atoms with van der Waals surface area (Å²) in [6, 6.07) is 8.43. The zero-order chi connectivity index (χ0) is 17.6. The number of benzene rings is 2. The van der Waals surface area contributed by atoms with E-state index in [0.29, 0.717) is 24.3 Å². The van der Waals surface area contributed by atoms with Crippen molar-refractivity contribution in [2.24, 2.45) is 0 Å². The Morgan fingerprint density at radius 3 is 2.92 bits per heavy atom. The Bertz CT molecular complexity index is 952. The Labute approximate surface area is 149 Å². The number of para-hydroxylation sites is 1. The van der Waals surface area contributed by atoms with Crippen LogP contribution in [0.15, 0.2) is 36.5 Å². The molecule has 0 saturated carbocycles. The average molecular weight is 359 g/mol. The highest BCUT2D eigenvalue weighted by atomic mass is 32.2. The smallest absolute Gasteiger partial charge is 0.133 e. The van der Waals surface area contributed by atoms with Gasteiger partial charge in [-0.1, -0.05) is 25.1 Å². The van der Waals surface area contributed by atoms with Crippen LogP contribution < -0.4 is 4.74 Å².